The first-order valence-electron chi connectivity index (χ1n) is 6.58. The molecular weight excluding hydrogens is 242 g/mol. The molecule has 1 aromatic rings. The molecule has 0 bridgehead atoms. The average Bonchev–Trinajstić information content (AvgIpc) is 2.37. The zero-order valence-corrected chi connectivity index (χ0v) is 11.7. The summed E-state index contributed by atoms with van der Waals surface area (Å²) in [5.41, 5.74) is 3.47. The van der Waals surface area contributed by atoms with E-state index in [4.69, 9.17) is 5.11 Å². The van der Waals surface area contributed by atoms with Crippen LogP contribution in [-0.2, 0) is 28.9 Å². The maximum Gasteiger partial charge on any atom is 0.326 e. The predicted molar refractivity (Wildman–Crippen MR) is 74.1 cm³/mol. The number of rotatable bonds is 6. The maximum absolute atomic E-state index is 11.1. The van der Waals surface area contributed by atoms with Gasteiger partial charge >= 0.3 is 5.97 Å². The molecule has 0 heterocycles. The van der Waals surface area contributed by atoms with Gasteiger partial charge in [-0.05, 0) is 29.5 Å². The van der Waals surface area contributed by atoms with E-state index >= 15 is 0 Å². The molecule has 1 amide bonds. The summed E-state index contributed by atoms with van der Waals surface area (Å²) in [6.45, 7) is 5.51. The van der Waals surface area contributed by atoms with Crippen LogP contribution in [-0.4, -0.2) is 23.0 Å². The number of aryl methyl sites for hydroxylation is 2. The number of nitrogens with one attached hydrogen (secondary N) is 1. The molecule has 0 saturated carbocycles. The Kier molecular flexibility index (Phi) is 5.55. The Morgan fingerprint density at radius 2 is 1.84 bits per heavy atom. The normalized spacial score (nSPS) is 11.9. The lowest BCUT2D eigenvalue weighted by molar-refractivity contribution is -0.141. The molecule has 0 aliphatic heterocycles. The third kappa shape index (κ3) is 4.39. The van der Waals surface area contributed by atoms with Gasteiger partial charge in [-0.1, -0.05) is 32.0 Å². The largest absolute Gasteiger partial charge is 0.480 e. The van der Waals surface area contributed by atoms with Gasteiger partial charge in [-0.25, -0.2) is 4.79 Å². The van der Waals surface area contributed by atoms with Crippen LogP contribution < -0.4 is 5.32 Å². The molecule has 0 unspecified atom stereocenters. The maximum atomic E-state index is 11.1. The highest BCUT2D eigenvalue weighted by atomic mass is 16.4. The second-order valence-electron chi connectivity index (χ2n) is 4.61. The van der Waals surface area contributed by atoms with E-state index in [-0.39, 0.29) is 5.91 Å². The quantitative estimate of drug-likeness (QED) is 0.824. The van der Waals surface area contributed by atoms with Crippen LogP contribution in [0, 0.1) is 0 Å². The van der Waals surface area contributed by atoms with Gasteiger partial charge in [0.1, 0.15) is 6.04 Å². The molecule has 0 radical (unpaired) electrons. The molecule has 1 aromatic carbocycles. The van der Waals surface area contributed by atoms with Gasteiger partial charge in [-0.2, -0.15) is 0 Å². The Labute approximate surface area is 113 Å². The number of hydrogen-bond donors (Lipinski definition) is 2. The Morgan fingerprint density at radius 1 is 1.21 bits per heavy atom. The van der Waals surface area contributed by atoms with Crippen molar-refractivity contribution in [2.75, 3.05) is 0 Å². The van der Waals surface area contributed by atoms with E-state index in [0.29, 0.717) is 6.42 Å². The second-order valence-corrected chi connectivity index (χ2v) is 4.61. The molecule has 0 aliphatic rings. The fraction of sp³-hybridized carbons (Fsp3) is 0.467. The lowest BCUT2D eigenvalue weighted by atomic mass is 9.97. The SMILES string of the molecule is CCc1ccc(C[C@@H](NC(C)=O)C(=O)O)cc1CC. The first-order valence-corrected chi connectivity index (χ1v) is 6.58. The van der Waals surface area contributed by atoms with Crippen LogP contribution in [0.25, 0.3) is 0 Å². The van der Waals surface area contributed by atoms with E-state index in [1.165, 1.54) is 18.1 Å². The van der Waals surface area contributed by atoms with E-state index in [1.807, 2.05) is 18.2 Å². The van der Waals surface area contributed by atoms with Crippen molar-refractivity contribution in [3.05, 3.63) is 34.9 Å². The number of hydrogen-bond acceptors (Lipinski definition) is 2. The summed E-state index contributed by atoms with van der Waals surface area (Å²) in [4.78, 5) is 22.1. The Morgan fingerprint density at radius 3 is 2.32 bits per heavy atom. The van der Waals surface area contributed by atoms with Gasteiger partial charge in [0.15, 0.2) is 0 Å². The smallest absolute Gasteiger partial charge is 0.326 e. The van der Waals surface area contributed by atoms with Crippen LogP contribution in [0.5, 0.6) is 0 Å². The van der Waals surface area contributed by atoms with E-state index in [1.54, 1.807) is 0 Å². The van der Waals surface area contributed by atoms with Crippen LogP contribution in [0.15, 0.2) is 18.2 Å². The van der Waals surface area contributed by atoms with Crippen molar-refractivity contribution in [1.82, 2.24) is 5.32 Å². The summed E-state index contributed by atoms with van der Waals surface area (Å²) in [6, 6.07) is 5.15. The van der Waals surface area contributed by atoms with Gasteiger partial charge in [0.05, 0.1) is 0 Å². The van der Waals surface area contributed by atoms with Crippen LogP contribution >= 0.6 is 0 Å². The van der Waals surface area contributed by atoms with Gasteiger partial charge < -0.3 is 10.4 Å². The van der Waals surface area contributed by atoms with Crippen molar-refractivity contribution in [3.8, 4) is 0 Å². The number of carbonyl (C=O) groups excluding carboxylic acids is 1. The minimum Gasteiger partial charge on any atom is -0.480 e. The summed E-state index contributed by atoms with van der Waals surface area (Å²) in [6.07, 6.45) is 2.21. The molecule has 4 nitrogen and oxygen atoms in total. The van der Waals surface area contributed by atoms with Crippen LogP contribution in [0.3, 0.4) is 0 Å². The van der Waals surface area contributed by atoms with Crippen LogP contribution in [0.1, 0.15) is 37.5 Å². The summed E-state index contributed by atoms with van der Waals surface area (Å²) < 4.78 is 0. The number of carboxylic acid groups (broad SMARTS) is 1. The third-order valence-electron chi connectivity index (χ3n) is 3.15. The van der Waals surface area contributed by atoms with Crippen molar-refractivity contribution in [3.63, 3.8) is 0 Å². The molecule has 0 aromatic heterocycles. The fourth-order valence-electron chi connectivity index (χ4n) is 2.16. The van der Waals surface area contributed by atoms with E-state index in [9.17, 15) is 9.59 Å². The van der Waals surface area contributed by atoms with Crippen molar-refractivity contribution in [2.45, 2.75) is 46.1 Å². The lowest BCUT2D eigenvalue weighted by Gasteiger charge is -2.15. The summed E-state index contributed by atoms with van der Waals surface area (Å²) in [5, 5.41) is 11.6. The second kappa shape index (κ2) is 6.92. The molecule has 1 atom stereocenters. The minimum atomic E-state index is -1.01. The van der Waals surface area contributed by atoms with Gasteiger partial charge in [0.25, 0.3) is 0 Å². The number of carboxylic acids is 1. The van der Waals surface area contributed by atoms with E-state index in [0.717, 1.165) is 18.4 Å². The Bertz CT molecular complexity index is 468. The number of aliphatic carboxylic acids is 1. The average molecular weight is 263 g/mol. The Balaban J connectivity index is 2.90. The van der Waals surface area contributed by atoms with E-state index in [2.05, 4.69) is 19.2 Å². The van der Waals surface area contributed by atoms with Crippen molar-refractivity contribution in [2.24, 2.45) is 0 Å². The first kappa shape index (κ1) is 15.2. The zero-order valence-electron chi connectivity index (χ0n) is 11.7. The Hall–Kier alpha value is -1.84. The molecule has 4 heteroatoms. The minimum absolute atomic E-state index is 0.311. The topological polar surface area (TPSA) is 66.4 Å². The predicted octanol–water partition coefficient (Wildman–Crippen LogP) is 1.94. The van der Waals surface area contributed by atoms with Gasteiger partial charge in [-0.15, -0.1) is 0 Å². The number of carbonyl (C=O) groups is 2. The highest BCUT2D eigenvalue weighted by molar-refractivity contribution is 5.82. The molecule has 104 valence electrons. The molecule has 0 saturated heterocycles. The van der Waals surface area contributed by atoms with Crippen molar-refractivity contribution >= 4 is 11.9 Å². The highest BCUT2D eigenvalue weighted by Crippen LogP contribution is 2.15. The van der Waals surface area contributed by atoms with Crippen LogP contribution in [0.2, 0.25) is 0 Å². The summed E-state index contributed by atoms with van der Waals surface area (Å²) in [7, 11) is 0. The molecule has 0 aliphatic carbocycles. The monoisotopic (exact) mass is 263 g/mol. The zero-order chi connectivity index (χ0) is 14.4. The molecular formula is C15H21NO3. The van der Waals surface area contributed by atoms with Crippen molar-refractivity contribution < 1.29 is 14.7 Å². The lowest BCUT2D eigenvalue weighted by Crippen LogP contribution is -2.41. The van der Waals surface area contributed by atoms with Gasteiger partial charge in [0, 0.05) is 13.3 Å². The van der Waals surface area contributed by atoms with E-state index < -0.39 is 12.0 Å². The highest BCUT2D eigenvalue weighted by Gasteiger charge is 2.19. The molecule has 0 fully saturated rings. The number of amides is 1. The molecule has 2 N–H and O–H groups in total. The third-order valence-corrected chi connectivity index (χ3v) is 3.15. The number of benzene rings is 1. The summed E-state index contributed by atoms with van der Waals surface area (Å²) >= 11 is 0. The van der Waals surface area contributed by atoms with Crippen LogP contribution in [0.4, 0.5) is 0 Å². The first-order chi connectivity index (χ1) is 8.97. The van der Waals surface area contributed by atoms with Gasteiger partial charge in [-0.3, -0.25) is 4.79 Å². The summed E-state index contributed by atoms with van der Waals surface area (Å²) in [5.74, 6) is -1.33. The molecule has 19 heavy (non-hydrogen) atoms. The fourth-order valence-corrected chi connectivity index (χ4v) is 2.16. The molecule has 1 rings (SSSR count). The van der Waals surface area contributed by atoms with Crippen molar-refractivity contribution in [1.29, 1.82) is 0 Å². The molecule has 0 spiro atoms. The van der Waals surface area contributed by atoms with Gasteiger partial charge in [0.2, 0.25) is 5.91 Å². The standard InChI is InChI=1S/C15H21NO3/c1-4-12-7-6-11(8-13(12)5-2)9-14(15(18)19)16-10(3)17/h6-8,14H,4-5,9H2,1-3H3,(H,16,17)(H,18,19)/t14-/m1/s1.